The van der Waals surface area contributed by atoms with Crippen molar-refractivity contribution in [2.45, 2.75) is 13.5 Å². The zero-order valence-corrected chi connectivity index (χ0v) is 12.5. The molecule has 0 fully saturated rings. The van der Waals surface area contributed by atoms with Crippen LogP contribution in [-0.4, -0.2) is 26.8 Å². The molecule has 3 rings (SSSR count). The average molecular weight is 309 g/mol. The van der Waals surface area contributed by atoms with Gasteiger partial charge < -0.3 is 11.1 Å². The van der Waals surface area contributed by atoms with E-state index in [1.165, 1.54) is 0 Å². The minimum atomic E-state index is -0.595. The summed E-state index contributed by atoms with van der Waals surface area (Å²) in [7, 11) is 0. The Balaban J connectivity index is 1.91. The normalized spacial score (nSPS) is 10.7. The highest BCUT2D eigenvalue weighted by Crippen LogP contribution is 2.18. The van der Waals surface area contributed by atoms with Crippen LogP contribution < -0.4 is 11.1 Å². The molecule has 3 N–H and O–H groups in total. The molecule has 0 aliphatic rings. The van der Waals surface area contributed by atoms with Crippen molar-refractivity contribution in [2.75, 3.05) is 5.32 Å². The zero-order valence-electron chi connectivity index (χ0n) is 12.5. The molecule has 1 aromatic heterocycles. The Morgan fingerprint density at radius 1 is 1.22 bits per heavy atom. The first-order valence-corrected chi connectivity index (χ1v) is 7.13. The highest BCUT2D eigenvalue weighted by molar-refractivity contribution is 6.09. The number of para-hydroxylation sites is 1. The lowest BCUT2D eigenvalue weighted by molar-refractivity contribution is 0.100. The van der Waals surface area contributed by atoms with Crippen molar-refractivity contribution in [3.05, 3.63) is 53.6 Å². The molecule has 1 heterocycles. The van der Waals surface area contributed by atoms with E-state index in [0.717, 1.165) is 5.52 Å². The van der Waals surface area contributed by atoms with E-state index in [-0.39, 0.29) is 11.5 Å². The maximum absolute atomic E-state index is 12.4. The Morgan fingerprint density at radius 3 is 2.74 bits per heavy atom. The molecule has 0 saturated heterocycles. The molecule has 2 aromatic carbocycles. The molecule has 0 aliphatic carbocycles. The van der Waals surface area contributed by atoms with Crippen LogP contribution in [0.2, 0.25) is 0 Å². The number of carbonyl (C=O) groups is 2. The lowest BCUT2D eigenvalue weighted by atomic mass is 10.1. The number of nitrogens with zero attached hydrogens (tertiary/aromatic N) is 3. The van der Waals surface area contributed by atoms with Gasteiger partial charge >= 0.3 is 0 Å². The van der Waals surface area contributed by atoms with Gasteiger partial charge in [0, 0.05) is 12.1 Å². The Morgan fingerprint density at radius 2 is 2.00 bits per heavy atom. The minimum absolute atomic E-state index is 0.263. The van der Waals surface area contributed by atoms with Gasteiger partial charge in [-0.1, -0.05) is 17.3 Å². The van der Waals surface area contributed by atoms with Crippen LogP contribution in [0.3, 0.4) is 0 Å². The number of hydrogen-bond donors (Lipinski definition) is 2. The predicted octanol–water partition coefficient (Wildman–Crippen LogP) is 1.80. The third-order valence-electron chi connectivity index (χ3n) is 3.52. The fourth-order valence-electron chi connectivity index (χ4n) is 2.35. The number of nitrogens with one attached hydrogen (secondary N) is 1. The van der Waals surface area contributed by atoms with E-state index >= 15 is 0 Å². The van der Waals surface area contributed by atoms with E-state index in [9.17, 15) is 9.59 Å². The molecule has 7 nitrogen and oxygen atoms in total. The average Bonchev–Trinajstić information content (AvgIpc) is 2.97. The van der Waals surface area contributed by atoms with Crippen molar-refractivity contribution in [2.24, 2.45) is 5.73 Å². The van der Waals surface area contributed by atoms with Gasteiger partial charge in [-0.3, -0.25) is 9.59 Å². The number of aryl methyl sites for hydroxylation is 1. The molecule has 0 unspecified atom stereocenters. The smallest absolute Gasteiger partial charge is 0.255 e. The number of aromatic nitrogens is 3. The largest absolute Gasteiger partial charge is 0.366 e. The van der Waals surface area contributed by atoms with Gasteiger partial charge in [0.2, 0.25) is 0 Å². The quantitative estimate of drug-likeness (QED) is 0.767. The maximum atomic E-state index is 12.4. The summed E-state index contributed by atoms with van der Waals surface area (Å²) in [6.07, 6.45) is 0. The van der Waals surface area contributed by atoms with E-state index in [1.807, 2.05) is 6.92 Å². The number of fused-ring (bicyclic) bond motifs is 1. The van der Waals surface area contributed by atoms with Crippen molar-refractivity contribution in [3.8, 4) is 0 Å². The van der Waals surface area contributed by atoms with Crippen LogP contribution >= 0.6 is 0 Å². The number of carbonyl (C=O) groups excluding carboxylic acids is 2. The summed E-state index contributed by atoms with van der Waals surface area (Å²) < 4.78 is 1.75. The van der Waals surface area contributed by atoms with Gasteiger partial charge in [-0.15, -0.1) is 5.10 Å². The van der Waals surface area contributed by atoms with Gasteiger partial charge in [0.05, 0.1) is 16.8 Å². The summed E-state index contributed by atoms with van der Waals surface area (Å²) in [5.74, 6) is -0.936. The topological polar surface area (TPSA) is 103 Å². The molecule has 0 aliphatic heterocycles. The first-order valence-electron chi connectivity index (χ1n) is 7.13. The first-order chi connectivity index (χ1) is 11.1. The SMILES string of the molecule is CCn1nnc2cc(C(=O)Nc3ccccc3C(N)=O)ccc21. The molecule has 116 valence electrons. The minimum Gasteiger partial charge on any atom is -0.366 e. The highest BCUT2D eigenvalue weighted by Gasteiger charge is 2.13. The number of hydrogen-bond acceptors (Lipinski definition) is 4. The fourth-order valence-corrected chi connectivity index (χ4v) is 2.35. The standard InChI is InChI=1S/C16H15N5O2/c1-2-21-14-8-7-10(9-13(14)19-20-21)16(23)18-12-6-4-3-5-11(12)15(17)22/h3-9H,2H2,1H3,(H2,17,22)(H,18,23). The van der Waals surface area contributed by atoms with Crippen LogP contribution in [0.4, 0.5) is 5.69 Å². The van der Waals surface area contributed by atoms with Gasteiger partial charge in [-0.25, -0.2) is 4.68 Å². The summed E-state index contributed by atoms with van der Waals surface area (Å²) in [6.45, 7) is 2.67. The second-order valence-electron chi connectivity index (χ2n) is 4.97. The number of nitrogens with two attached hydrogens (primary N) is 1. The monoisotopic (exact) mass is 309 g/mol. The maximum Gasteiger partial charge on any atom is 0.255 e. The van der Waals surface area contributed by atoms with E-state index in [2.05, 4.69) is 15.6 Å². The van der Waals surface area contributed by atoms with E-state index in [4.69, 9.17) is 5.73 Å². The molecule has 23 heavy (non-hydrogen) atoms. The van der Waals surface area contributed by atoms with E-state index in [1.54, 1.807) is 47.1 Å². The van der Waals surface area contributed by atoms with Crippen molar-refractivity contribution < 1.29 is 9.59 Å². The predicted molar refractivity (Wildman–Crippen MR) is 86.1 cm³/mol. The highest BCUT2D eigenvalue weighted by atomic mass is 16.2. The number of primary amides is 1. The van der Waals surface area contributed by atoms with Crippen LogP contribution in [0.5, 0.6) is 0 Å². The third kappa shape index (κ3) is 2.76. The Labute approximate surface area is 132 Å². The summed E-state index contributed by atoms with van der Waals surface area (Å²) in [5, 5.41) is 10.8. The molecular formula is C16H15N5O2. The van der Waals surface area contributed by atoms with Crippen LogP contribution in [0.25, 0.3) is 11.0 Å². The van der Waals surface area contributed by atoms with E-state index in [0.29, 0.717) is 23.3 Å². The molecule has 0 atom stereocenters. The van der Waals surface area contributed by atoms with Crippen LogP contribution in [0, 0.1) is 0 Å². The van der Waals surface area contributed by atoms with Crippen molar-refractivity contribution >= 4 is 28.5 Å². The summed E-state index contributed by atoms with van der Waals surface area (Å²) in [5.41, 5.74) is 7.88. The van der Waals surface area contributed by atoms with Crippen LogP contribution in [0.1, 0.15) is 27.6 Å². The Kier molecular flexibility index (Phi) is 3.76. The van der Waals surface area contributed by atoms with Crippen LogP contribution in [0.15, 0.2) is 42.5 Å². The molecule has 7 heteroatoms. The Bertz CT molecular complexity index is 900. The van der Waals surface area contributed by atoms with Gasteiger partial charge in [0.25, 0.3) is 11.8 Å². The van der Waals surface area contributed by atoms with Crippen molar-refractivity contribution in [1.82, 2.24) is 15.0 Å². The second-order valence-corrected chi connectivity index (χ2v) is 4.97. The van der Waals surface area contributed by atoms with Gasteiger partial charge in [0.1, 0.15) is 5.52 Å². The summed E-state index contributed by atoms with van der Waals surface area (Å²) in [4.78, 5) is 23.8. The number of rotatable bonds is 4. The Hall–Kier alpha value is -3.22. The van der Waals surface area contributed by atoms with Gasteiger partial charge in [0.15, 0.2) is 0 Å². The van der Waals surface area contributed by atoms with Gasteiger partial charge in [-0.2, -0.15) is 0 Å². The molecule has 0 bridgehead atoms. The molecule has 2 amide bonds. The molecule has 0 spiro atoms. The lowest BCUT2D eigenvalue weighted by Gasteiger charge is -2.08. The van der Waals surface area contributed by atoms with E-state index < -0.39 is 5.91 Å². The molecule has 0 radical (unpaired) electrons. The molecule has 3 aromatic rings. The third-order valence-corrected chi connectivity index (χ3v) is 3.52. The number of anilines is 1. The second kappa shape index (κ2) is 5.88. The number of benzene rings is 2. The summed E-state index contributed by atoms with van der Waals surface area (Å²) in [6, 6.07) is 11.8. The van der Waals surface area contributed by atoms with Crippen molar-refractivity contribution in [1.29, 1.82) is 0 Å². The number of amides is 2. The van der Waals surface area contributed by atoms with Gasteiger partial charge in [-0.05, 0) is 37.3 Å². The lowest BCUT2D eigenvalue weighted by Crippen LogP contribution is -2.18. The molecule has 0 saturated carbocycles. The van der Waals surface area contributed by atoms with Crippen LogP contribution in [-0.2, 0) is 6.54 Å². The summed E-state index contributed by atoms with van der Waals surface area (Å²) >= 11 is 0. The zero-order chi connectivity index (χ0) is 16.4. The first kappa shape index (κ1) is 14.7. The molecular weight excluding hydrogens is 294 g/mol. The fraction of sp³-hybridized carbons (Fsp3) is 0.125. The van der Waals surface area contributed by atoms with Crippen molar-refractivity contribution in [3.63, 3.8) is 0 Å².